The second-order valence-electron chi connectivity index (χ2n) is 8.44. The molecule has 2 N–H and O–H groups in total. The largest absolute Gasteiger partial charge is 0.481 e. The zero-order valence-corrected chi connectivity index (χ0v) is 16.9. The molecule has 1 aromatic carbocycles. The highest BCUT2D eigenvalue weighted by atomic mass is 16.5. The molecule has 156 valence electrons. The molecule has 0 bridgehead atoms. The summed E-state index contributed by atoms with van der Waals surface area (Å²) in [6, 6.07) is 12.1. The zero-order chi connectivity index (χ0) is 20.6. The predicted octanol–water partition coefficient (Wildman–Crippen LogP) is 3.87. The number of carbonyl (C=O) groups is 1. The van der Waals surface area contributed by atoms with Gasteiger partial charge in [-0.3, -0.25) is 4.79 Å². The van der Waals surface area contributed by atoms with Gasteiger partial charge in [0.05, 0.1) is 29.2 Å². The van der Waals surface area contributed by atoms with Crippen LogP contribution in [0.3, 0.4) is 0 Å². The van der Waals surface area contributed by atoms with Gasteiger partial charge in [-0.25, -0.2) is 9.97 Å². The smallest absolute Gasteiger partial charge is 0.311 e. The van der Waals surface area contributed by atoms with Crippen LogP contribution < -0.4 is 4.90 Å². The van der Waals surface area contributed by atoms with Gasteiger partial charge in [0, 0.05) is 24.8 Å². The van der Waals surface area contributed by atoms with E-state index in [4.69, 9.17) is 4.74 Å². The summed E-state index contributed by atoms with van der Waals surface area (Å²) in [5, 5.41) is 9.45. The zero-order valence-electron chi connectivity index (χ0n) is 16.9. The number of fused-ring (bicyclic) bond motifs is 1. The van der Waals surface area contributed by atoms with E-state index >= 15 is 0 Å². The molecule has 7 nitrogen and oxygen atoms in total. The van der Waals surface area contributed by atoms with Crippen molar-refractivity contribution in [2.24, 2.45) is 5.41 Å². The molecule has 7 heteroatoms. The van der Waals surface area contributed by atoms with Crippen LogP contribution in [0.1, 0.15) is 32.1 Å². The number of nitrogens with one attached hydrogen (secondary N) is 1. The van der Waals surface area contributed by atoms with Crippen LogP contribution in [-0.2, 0) is 9.53 Å². The van der Waals surface area contributed by atoms with E-state index in [0.717, 1.165) is 73.4 Å². The van der Waals surface area contributed by atoms with Crippen molar-refractivity contribution in [3.8, 4) is 11.4 Å². The second-order valence-corrected chi connectivity index (χ2v) is 8.44. The molecule has 0 radical (unpaired) electrons. The number of carboxylic acid groups (broad SMARTS) is 1. The number of piperidine rings is 1. The van der Waals surface area contributed by atoms with Crippen LogP contribution in [0, 0.1) is 5.41 Å². The average molecular weight is 406 g/mol. The van der Waals surface area contributed by atoms with E-state index in [1.807, 2.05) is 36.5 Å². The van der Waals surface area contributed by atoms with Gasteiger partial charge in [0.2, 0.25) is 0 Å². The van der Waals surface area contributed by atoms with E-state index < -0.39 is 11.4 Å². The van der Waals surface area contributed by atoms with Crippen LogP contribution in [0.5, 0.6) is 0 Å². The number of aromatic nitrogens is 3. The van der Waals surface area contributed by atoms with Gasteiger partial charge < -0.3 is 19.7 Å². The minimum absolute atomic E-state index is 0.132. The molecule has 0 amide bonds. The SMILES string of the molecule is O=C(O)C1(COC2CCN(c3ccc(-c4nc5ccccc5[nH]4)cn3)CC2)CCC1. The highest BCUT2D eigenvalue weighted by Crippen LogP contribution is 2.42. The van der Waals surface area contributed by atoms with E-state index in [-0.39, 0.29) is 6.10 Å². The van der Waals surface area contributed by atoms with Gasteiger partial charge in [-0.1, -0.05) is 18.6 Å². The summed E-state index contributed by atoms with van der Waals surface area (Å²) in [5.41, 5.74) is 2.30. The van der Waals surface area contributed by atoms with Crippen LogP contribution in [0.25, 0.3) is 22.4 Å². The molecular formula is C23H26N4O3. The van der Waals surface area contributed by atoms with Crippen molar-refractivity contribution < 1.29 is 14.6 Å². The number of ether oxygens (including phenoxy) is 1. The number of anilines is 1. The van der Waals surface area contributed by atoms with Crippen LogP contribution in [0.15, 0.2) is 42.6 Å². The molecule has 30 heavy (non-hydrogen) atoms. The van der Waals surface area contributed by atoms with Gasteiger partial charge in [-0.05, 0) is 49.9 Å². The maximum Gasteiger partial charge on any atom is 0.311 e. The highest BCUT2D eigenvalue weighted by molar-refractivity contribution is 5.79. The maximum atomic E-state index is 11.5. The van der Waals surface area contributed by atoms with E-state index in [2.05, 4.69) is 25.9 Å². The fraction of sp³-hybridized carbons (Fsp3) is 0.435. The number of aliphatic carboxylic acids is 1. The Morgan fingerprint density at radius 2 is 2.00 bits per heavy atom. The number of para-hydroxylation sites is 2. The maximum absolute atomic E-state index is 11.5. The Morgan fingerprint density at radius 1 is 1.20 bits per heavy atom. The third kappa shape index (κ3) is 3.54. The van der Waals surface area contributed by atoms with E-state index in [1.165, 1.54) is 0 Å². The fourth-order valence-electron chi connectivity index (χ4n) is 4.36. The van der Waals surface area contributed by atoms with E-state index in [9.17, 15) is 9.90 Å². The van der Waals surface area contributed by atoms with E-state index in [1.54, 1.807) is 0 Å². The number of nitrogens with zero attached hydrogens (tertiary/aromatic N) is 3. The number of carboxylic acids is 1. The second kappa shape index (κ2) is 7.72. The number of aromatic amines is 1. The molecule has 0 atom stereocenters. The monoisotopic (exact) mass is 406 g/mol. The summed E-state index contributed by atoms with van der Waals surface area (Å²) in [6.45, 7) is 2.07. The quantitative estimate of drug-likeness (QED) is 0.646. The summed E-state index contributed by atoms with van der Waals surface area (Å²) < 4.78 is 6.00. The van der Waals surface area contributed by atoms with Crippen molar-refractivity contribution in [3.63, 3.8) is 0 Å². The van der Waals surface area contributed by atoms with Crippen LogP contribution >= 0.6 is 0 Å². The molecule has 1 saturated carbocycles. The van der Waals surface area contributed by atoms with Crippen LogP contribution in [0.2, 0.25) is 0 Å². The summed E-state index contributed by atoms with van der Waals surface area (Å²) in [6.07, 6.45) is 6.25. The third-order valence-corrected chi connectivity index (χ3v) is 6.54. The minimum atomic E-state index is -0.708. The molecule has 2 aliphatic rings. The topological polar surface area (TPSA) is 91.3 Å². The molecule has 2 fully saturated rings. The number of imidazole rings is 1. The lowest BCUT2D eigenvalue weighted by atomic mass is 9.69. The van der Waals surface area contributed by atoms with Gasteiger partial charge >= 0.3 is 5.97 Å². The third-order valence-electron chi connectivity index (χ3n) is 6.54. The first-order valence-electron chi connectivity index (χ1n) is 10.6. The number of pyridine rings is 1. The molecule has 3 aromatic rings. The van der Waals surface area contributed by atoms with Gasteiger partial charge in [0.1, 0.15) is 11.6 Å². The molecule has 0 unspecified atom stereocenters. The first-order chi connectivity index (χ1) is 14.6. The lowest BCUT2D eigenvalue weighted by Gasteiger charge is -2.39. The number of hydrogen-bond acceptors (Lipinski definition) is 5. The van der Waals surface area contributed by atoms with E-state index in [0.29, 0.717) is 6.61 Å². The Hall–Kier alpha value is -2.93. The highest BCUT2D eigenvalue weighted by Gasteiger charge is 2.45. The van der Waals surface area contributed by atoms with Crippen LogP contribution in [-0.4, -0.2) is 51.8 Å². The first kappa shape index (κ1) is 19.1. The number of benzene rings is 1. The van der Waals surface area contributed by atoms with Crippen molar-refractivity contribution in [2.45, 2.75) is 38.2 Å². The molecule has 5 rings (SSSR count). The van der Waals surface area contributed by atoms with Crippen LogP contribution in [0.4, 0.5) is 5.82 Å². The summed E-state index contributed by atoms with van der Waals surface area (Å²) in [5.74, 6) is 1.07. The standard InChI is InChI=1S/C23H26N4O3/c28-22(29)23(10-3-11-23)15-30-17-8-12-27(13-9-17)20-7-6-16(14-24-20)21-25-18-4-1-2-5-19(18)26-21/h1-2,4-7,14,17H,3,8-13,15H2,(H,25,26)(H,28,29). The number of rotatable bonds is 6. The summed E-state index contributed by atoms with van der Waals surface area (Å²) in [4.78, 5) is 26.4. The Bertz CT molecular complexity index is 1000. The van der Waals surface area contributed by atoms with Crippen molar-refractivity contribution in [1.29, 1.82) is 0 Å². The average Bonchev–Trinajstić information content (AvgIpc) is 3.18. The Morgan fingerprint density at radius 3 is 2.63 bits per heavy atom. The molecule has 2 aromatic heterocycles. The minimum Gasteiger partial charge on any atom is -0.481 e. The predicted molar refractivity (Wildman–Crippen MR) is 114 cm³/mol. The fourth-order valence-corrected chi connectivity index (χ4v) is 4.36. The van der Waals surface area contributed by atoms with Crippen molar-refractivity contribution in [2.75, 3.05) is 24.6 Å². The lowest BCUT2D eigenvalue weighted by molar-refractivity contribution is -0.162. The van der Waals surface area contributed by atoms with Crippen molar-refractivity contribution in [1.82, 2.24) is 15.0 Å². The van der Waals surface area contributed by atoms with Crippen molar-refractivity contribution >= 4 is 22.8 Å². The normalized spacial score (nSPS) is 19.0. The molecule has 1 aliphatic carbocycles. The van der Waals surface area contributed by atoms with Gasteiger partial charge in [-0.15, -0.1) is 0 Å². The lowest BCUT2D eigenvalue weighted by Crippen LogP contribution is -2.44. The molecular weight excluding hydrogens is 380 g/mol. The number of hydrogen-bond donors (Lipinski definition) is 2. The Balaban J connectivity index is 1.18. The van der Waals surface area contributed by atoms with Gasteiger partial charge in [-0.2, -0.15) is 0 Å². The molecule has 1 aliphatic heterocycles. The van der Waals surface area contributed by atoms with Crippen molar-refractivity contribution in [3.05, 3.63) is 42.6 Å². The Kier molecular flexibility index (Phi) is 4.90. The summed E-state index contributed by atoms with van der Waals surface area (Å²) >= 11 is 0. The Labute approximate surface area is 175 Å². The first-order valence-corrected chi connectivity index (χ1v) is 10.6. The number of H-pyrrole nitrogens is 1. The summed E-state index contributed by atoms with van der Waals surface area (Å²) in [7, 11) is 0. The molecule has 1 saturated heterocycles. The molecule has 3 heterocycles. The van der Waals surface area contributed by atoms with Gasteiger partial charge in [0.15, 0.2) is 0 Å². The molecule has 0 spiro atoms. The van der Waals surface area contributed by atoms with Gasteiger partial charge in [0.25, 0.3) is 0 Å².